The molecule has 0 saturated heterocycles. The molecule has 0 aromatic heterocycles. The van der Waals surface area contributed by atoms with Gasteiger partial charge in [-0.25, -0.2) is 0 Å². The molecular weight excluding hydrogens is 220 g/mol. The maximum atomic E-state index is 10.8. The first-order valence-electron chi connectivity index (χ1n) is 5.45. The Balaban J connectivity index is 2.45. The highest BCUT2D eigenvalue weighted by Crippen LogP contribution is 2.32. The Morgan fingerprint density at radius 2 is 2.29 bits per heavy atom. The monoisotopic (exact) mass is 234 g/mol. The van der Waals surface area contributed by atoms with Gasteiger partial charge < -0.3 is 10.1 Å². The highest BCUT2D eigenvalue weighted by atomic mass is 16.6. The molecule has 1 aromatic carbocycles. The van der Waals surface area contributed by atoms with Crippen LogP contribution < -0.4 is 10.1 Å². The number of rotatable bonds is 3. The van der Waals surface area contributed by atoms with Gasteiger partial charge in [0.05, 0.1) is 12.0 Å². The van der Waals surface area contributed by atoms with Crippen molar-refractivity contribution in [1.82, 2.24) is 5.32 Å². The molecule has 0 unspecified atom stereocenters. The Morgan fingerprint density at radius 1 is 1.47 bits per heavy atom. The van der Waals surface area contributed by atoms with Gasteiger partial charge in [-0.05, 0) is 24.6 Å². The fraction of sp³-hybridized carbons (Fsp3) is 0.333. The van der Waals surface area contributed by atoms with Crippen molar-refractivity contribution in [3.63, 3.8) is 0 Å². The number of hydrogen-bond acceptors (Lipinski definition) is 4. The van der Waals surface area contributed by atoms with Gasteiger partial charge in [0.25, 0.3) is 5.69 Å². The van der Waals surface area contributed by atoms with E-state index in [0.717, 1.165) is 30.6 Å². The molecule has 0 fully saturated rings. The van der Waals surface area contributed by atoms with Gasteiger partial charge in [-0.1, -0.05) is 6.08 Å². The lowest BCUT2D eigenvalue weighted by molar-refractivity contribution is -0.384. The minimum absolute atomic E-state index is 0.0974. The lowest BCUT2D eigenvalue weighted by Gasteiger charge is -2.16. The van der Waals surface area contributed by atoms with E-state index in [1.807, 2.05) is 6.08 Å². The van der Waals surface area contributed by atoms with Crippen LogP contribution in [-0.4, -0.2) is 25.1 Å². The number of methoxy groups -OCH3 is 1. The van der Waals surface area contributed by atoms with Crippen molar-refractivity contribution in [2.24, 2.45) is 0 Å². The number of ether oxygens (including phenoxy) is 1. The maximum Gasteiger partial charge on any atom is 0.270 e. The van der Waals surface area contributed by atoms with E-state index in [1.54, 1.807) is 19.2 Å². The van der Waals surface area contributed by atoms with Crippen LogP contribution in [0, 0.1) is 10.1 Å². The summed E-state index contributed by atoms with van der Waals surface area (Å²) in [5.74, 6) is 0.684. The number of nitro groups is 1. The molecule has 1 N–H and O–H groups in total. The van der Waals surface area contributed by atoms with Crippen LogP contribution in [0.5, 0.6) is 5.75 Å². The molecule has 0 spiro atoms. The van der Waals surface area contributed by atoms with Crippen molar-refractivity contribution in [3.8, 4) is 5.75 Å². The predicted molar refractivity (Wildman–Crippen MR) is 65.1 cm³/mol. The highest BCUT2D eigenvalue weighted by Gasteiger charge is 2.15. The van der Waals surface area contributed by atoms with E-state index in [1.165, 1.54) is 6.07 Å². The number of nitro benzene ring substituents is 1. The second kappa shape index (κ2) is 4.97. The number of hydrogen-bond donors (Lipinski definition) is 1. The molecule has 0 saturated carbocycles. The van der Waals surface area contributed by atoms with Gasteiger partial charge in [0.2, 0.25) is 0 Å². The Bertz CT molecular complexity index is 469. The Morgan fingerprint density at radius 3 is 2.88 bits per heavy atom. The number of benzene rings is 1. The first kappa shape index (κ1) is 11.6. The molecule has 0 aliphatic carbocycles. The molecule has 17 heavy (non-hydrogen) atoms. The molecule has 0 radical (unpaired) electrons. The van der Waals surface area contributed by atoms with Crippen LogP contribution in [0.25, 0.3) is 5.57 Å². The van der Waals surface area contributed by atoms with Crippen LogP contribution in [0.1, 0.15) is 12.0 Å². The van der Waals surface area contributed by atoms with E-state index in [-0.39, 0.29) is 10.6 Å². The van der Waals surface area contributed by atoms with Crippen molar-refractivity contribution in [1.29, 1.82) is 0 Å². The molecule has 1 aromatic rings. The fourth-order valence-corrected chi connectivity index (χ4v) is 1.93. The topological polar surface area (TPSA) is 64.4 Å². The van der Waals surface area contributed by atoms with E-state index in [4.69, 9.17) is 4.74 Å². The molecule has 2 rings (SSSR count). The molecule has 0 atom stereocenters. The number of nitrogens with one attached hydrogen (secondary N) is 1. The smallest absolute Gasteiger partial charge is 0.270 e. The summed E-state index contributed by atoms with van der Waals surface area (Å²) in [6.45, 7) is 1.68. The summed E-state index contributed by atoms with van der Waals surface area (Å²) in [7, 11) is 1.58. The first-order valence-corrected chi connectivity index (χ1v) is 5.45. The van der Waals surface area contributed by atoms with Crippen LogP contribution >= 0.6 is 0 Å². The van der Waals surface area contributed by atoms with Gasteiger partial charge in [0, 0.05) is 24.2 Å². The standard InChI is InChI=1S/C12H14N2O3/c1-17-12-3-2-10(14(15)16)8-11(12)9-4-6-13-7-5-9/h2-4,8,13H,5-7H2,1H3. The minimum Gasteiger partial charge on any atom is -0.496 e. The molecule has 0 amide bonds. The quantitative estimate of drug-likeness (QED) is 0.641. The minimum atomic E-state index is -0.384. The number of nitrogens with zero attached hydrogens (tertiary/aromatic N) is 1. The van der Waals surface area contributed by atoms with Gasteiger partial charge in [0.1, 0.15) is 5.75 Å². The SMILES string of the molecule is COc1ccc([N+](=O)[O-])cc1C1=CCNCC1. The number of non-ortho nitro benzene ring substituents is 1. The molecule has 0 bridgehead atoms. The zero-order chi connectivity index (χ0) is 12.3. The molecule has 1 aliphatic heterocycles. The third-order valence-corrected chi connectivity index (χ3v) is 2.80. The zero-order valence-electron chi connectivity index (χ0n) is 9.60. The van der Waals surface area contributed by atoms with Crippen LogP contribution in [0.3, 0.4) is 0 Å². The maximum absolute atomic E-state index is 10.8. The summed E-state index contributed by atoms with van der Waals surface area (Å²) in [4.78, 5) is 10.4. The molecule has 5 nitrogen and oxygen atoms in total. The van der Waals surface area contributed by atoms with Crippen molar-refractivity contribution in [3.05, 3.63) is 40.0 Å². The van der Waals surface area contributed by atoms with Crippen LogP contribution in [0.4, 0.5) is 5.69 Å². The van der Waals surface area contributed by atoms with E-state index in [9.17, 15) is 10.1 Å². The van der Waals surface area contributed by atoms with Crippen molar-refractivity contribution in [2.75, 3.05) is 20.2 Å². The average molecular weight is 234 g/mol. The van der Waals surface area contributed by atoms with Gasteiger partial charge in [-0.3, -0.25) is 10.1 Å². The fourth-order valence-electron chi connectivity index (χ4n) is 1.93. The largest absolute Gasteiger partial charge is 0.496 e. The van der Waals surface area contributed by atoms with E-state index >= 15 is 0 Å². The second-order valence-electron chi connectivity index (χ2n) is 3.83. The summed E-state index contributed by atoms with van der Waals surface area (Å²) in [5, 5.41) is 14.0. The Labute approximate surface area is 99.2 Å². The zero-order valence-corrected chi connectivity index (χ0v) is 9.60. The highest BCUT2D eigenvalue weighted by molar-refractivity contribution is 5.73. The van der Waals surface area contributed by atoms with Gasteiger partial charge in [-0.15, -0.1) is 0 Å². The third kappa shape index (κ3) is 2.45. The van der Waals surface area contributed by atoms with E-state index in [0.29, 0.717) is 5.75 Å². The van der Waals surface area contributed by atoms with Gasteiger partial charge in [-0.2, -0.15) is 0 Å². The average Bonchev–Trinajstić information content (AvgIpc) is 2.39. The van der Waals surface area contributed by atoms with Crippen molar-refractivity contribution < 1.29 is 9.66 Å². The van der Waals surface area contributed by atoms with Crippen molar-refractivity contribution >= 4 is 11.3 Å². The molecule has 90 valence electrons. The van der Waals surface area contributed by atoms with Crippen LogP contribution in [0.2, 0.25) is 0 Å². The van der Waals surface area contributed by atoms with Gasteiger partial charge >= 0.3 is 0 Å². The van der Waals surface area contributed by atoms with Gasteiger partial charge in [0.15, 0.2) is 0 Å². The van der Waals surface area contributed by atoms with E-state index in [2.05, 4.69) is 5.32 Å². The van der Waals surface area contributed by atoms with E-state index < -0.39 is 0 Å². The third-order valence-electron chi connectivity index (χ3n) is 2.80. The molecule has 1 aliphatic rings. The first-order chi connectivity index (χ1) is 8.22. The molecular formula is C12H14N2O3. The Hall–Kier alpha value is -1.88. The summed E-state index contributed by atoms with van der Waals surface area (Å²) in [5.41, 5.74) is 2.02. The molecule has 1 heterocycles. The summed E-state index contributed by atoms with van der Waals surface area (Å²) >= 11 is 0. The van der Waals surface area contributed by atoms with Crippen LogP contribution in [-0.2, 0) is 0 Å². The summed E-state index contributed by atoms with van der Waals surface area (Å²) < 4.78 is 5.25. The Kier molecular flexibility index (Phi) is 3.39. The lowest BCUT2D eigenvalue weighted by atomic mass is 9.99. The molecule has 5 heteroatoms. The van der Waals surface area contributed by atoms with Crippen LogP contribution in [0.15, 0.2) is 24.3 Å². The predicted octanol–water partition coefficient (Wildman–Crippen LogP) is 1.98. The summed E-state index contributed by atoms with van der Waals surface area (Å²) in [6.07, 6.45) is 2.91. The van der Waals surface area contributed by atoms with Crippen molar-refractivity contribution in [2.45, 2.75) is 6.42 Å². The summed E-state index contributed by atoms with van der Waals surface area (Å²) in [6, 6.07) is 4.69. The lowest BCUT2D eigenvalue weighted by Crippen LogP contribution is -2.20. The second-order valence-corrected chi connectivity index (χ2v) is 3.83. The normalized spacial score (nSPS) is 15.2.